The molecule has 0 atom stereocenters. The molecule has 3 N–H and O–H groups in total. The fourth-order valence-electron chi connectivity index (χ4n) is 2.72. The third kappa shape index (κ3) is 8.55. The van der Waals surface area contributed by atoms with Gasteiger partial charge in [-0.05, 0) is 32.7 Å². The number of carbonyl (C=O) groups excluding carboxylic acids is 1. The van der Waals surface area contributed by atoms with Crippen LogP contribution in [0.1, 0.15) is 51.4 Å². The zero-order valence-electron chi connectivity index (χ0n) is 13.1. The predicted molar refractivity (Wildman–Crippen MR) is 82.4 cm³/mol. The van der Waals surface area contributed by atoms with Crippen LogP contribution in [-0.2, 0) is 4.79 Å². The molecule has 0 heterocycles. The van der Waals surface area contributed by atoms with Gasteiger partial charge in [0.1, 0.15) is 0 Å². The van der Waals surface area contributed by atoms with E-state index in [0.717, 1.165) is 19.4 Å². The Hall–Kier alpha value is -1.30. The van der Waals surface area contributed by atoms with Crippen molar-refractivity contribution in [3.63, 3.8) is 0 Å². The Morgan fingerprint density at radius 3 is 2.43 bits per heavy atom. The van der Waals surface area contributed by atoms with Gasteiger partial charge in [-0.25, -0.2) is 4.79 Å². The van der Waals surface area contributed by atoms with Crippen molar-refractivity contribution in [2.75, 3.05) is 26.7 Å². The Bertz CT molecular complexity index is 317. The van der Waals surface area contributed by atoms with Gasteiger partial charge in [-0.15, -0.1) is 0 Å². The number of carbonyl (C=O) groups is 2. The quantitative estimate of drug-likeness (QED) is 0.537. The van der Waals surface area contributed by atoms with E-state index in [1.54, 1.807) is 0 Å². The summed E-state index contributed by atoms with van der Waals surface area (Å²) in [5.41, 5.74) is 0. The molecule has 0 bridgehead atoms. The lowest BCUT2D eigenvalue weighted by Crippen LogP contribution is -2.41. The highest BCUT2D eigenvalue weighted by Crippen LogP contribution is 2.21. The zero-order chi connectivity index (χ0) is 15.5. The van der Waals surface area contributed by atoms with E-state index in [1.807, 2.05) is 0 Å². The summed E-state index contributed by atoms with van der Waals surface area (Å²) in [4.78, 5) is 24.2. The number of likely N-dealkylation sites (N-methyl/N-ethyl adjacent to an activating group) is 1. The summed E-state index contributed by atoms with van der Waals surface area (Å²) < 4.78 is 0. The topological polar surface area (TPSA) is 81.7 Å². The molecule has 1 fully saturated rings. The smallest absolute Gasteiger partial charge is 0.314 e. The molecule has 6 nitrogen and oxygen atoms in total. The normalized spacial score (nSPS) is 15.3. The van der Waals surface area contributed by atoms with Crippen LogP contribution in [-0.4, -0.2) is 54.7 Å². The van der Waals surface area contributed by atoms with Crippen molar-refractivity contribution >= 4 is 12.0 Å². The summed E-state index contributed by atoms with van der Waals surface area (Å²) >= 11 is 0. The molecule has 122 valence electrons. The minimum Gasteiger partial charge on any atom is -0.481 e. The van der Waals surface area contributed by atoms with E-state index in [4.69, 9.17) is 5.11 Å². The van der Waals surface area contributed by atoms with Gasteiger partial charge in [0.2, 0.25) is 0 Å². The van der Waals surface area contributed by atoms with Gasteiger partial charge < -0.3 is 20.6 Å². The first-order valence-electron chi connectivity index (χ1n) is 8.03. The second-order valence-electron chi connectivity index (χ2n) is 5.81. The molecule has 0 unspecified atom stereocenters. The summed E-state index contributed by atoms with van der Waals surface area (Å²) in [7, 11) is 2.12. The third-order valence-corrected chi connectivity index (χ3v) is 4.05. The van der Waals surface area contributed by atoms with Crippen molar-refractivity contribution in [3.8, 4) is 0 Å². The van der Waals surface area contributed by atoms with Crippen molar-refractivity contribution in [2.45, 2.75) is 57.4 Å². The van der Waals surface area contributed by atoms with Crippen molar-refractivity contribution in [3.05, 3.63) is 0 Å². The molecule has 6 heteroatoms. The number of unbranched alkanes of at least 4 members (excludes halogenated alkanes) is 2. The summed E-state index contributed by atoms with van der Waals surface area (Å²) in [6.45, 7) is 2.15. The molecular formula is C15H29N3O3. The summed E-state index contributed by atoms with van der Waals surface area (Å²) in [6, 6.07) is 0.553. The van der Waals surface area contributed by atoms with E-state index in [9.17, 15) is 9.59 Å². The Morgan fingerprint density at radius 2 is 1.76 bits per heavy atom. The van der Waals surface area contributed by atoms with Gasteiger partial charge in [0.25, 0.3) is 0 Å². The minimum atomic E-state index is -0.757. The van der Waals surface area contributed by atoms with Gasteiger partial charge in [0.15, 0.2) is 0 Å². The van der Waals surface area contributed by atoms with E-state index in [2.05, 4.69) is 22.6 Å². The summed E-state index contributed by atoms with van der Waals surface area (Å²) in [5.74, 6) is -0.757. The number of hydrogen-bond donors (Lipinski definition) is 3. The molecule has 0 aromatic carbocycles. The molecule has 0 saturated heterocycles. The Labute approximate surface area is 127 Å². The average Bonchev–Trinajstić information content (AvgIpc) is 2.96. The van der Waals surface area contributed by atoms with Gasteiger partial charge >= 0.3 is 12.0 Å². The van der Waals surface area contributed by atoms with E-state index in [1.165, 1.54) is 25.7 Å². The first kappa shape index (κ1) is 17.8. The second-order valence-corrected chi connectivity index (χ2v) is 5.81. The van der Waals surface area contributed by atoms with Crippen LogP contribution in [0, 0.1) is 0 Å². The molecule has 1 rings (SSSR count). The van der Waals surface area contributed by atoms with E-state index >= 15 is 0 Å². The Balaban J connectivity index is 1.92. The highest BCUT2D eigenvalue weighted by atomic mass is 16.4. The van der Waals surface area contributed by atoms with E-state index in [0.29, 0.717) is 25.6 Å². The van der Waals surface area contributed by atoms with Gasteiger partial charge in [-0.3, -0.25) is 4.79 Å². The average molecular weight is 299 g/mol. The van der Waals surface area contributed by atoms with Gasteiger partial charge in [0.05, 0.1) is 0 Å². The highest BCUT2D eigenvalue weighted by Gasteiger charge is 2.18. The SMILES string of the molecule is CN(CCNC(=O)NCCCCCC(=O)O)C1CCCC1. The van der Waals surface area contributed by atoms with Crippen LogP contribution >= 0.6 is 0 Å². The number of nitrogens with zero attached hydrogens (tertiary/aromatic N) is 1. The van der Waals surface area contributed by atoms with Crippen LogP contribution < -0.4 is 10.6 Å². The molecule has 0 aromatic rings. The largest absolute Gasteiger partial charge is 0.481 e. The number of hydrogen-bond acceptors (Lipinski definition) is 3. The molecule has 0 aromatic heterocycles. The molecule has 0 spiro atoms. The number of nitrogens with one attached hydrogen (secondary N) is 2. The highest BCUT2D eigenvalue weighted by molar-refractivity contribution is 5.73. The second kappa shape index (κ2) is 10.4. The standard InChI is InChI=1S/C15H29N3O3/c1-18(13-7-4-5-8-13)12-11-17-15(21)16-10-6-2-3-9-14(19)20/h13H,2-12H2,1H3,(H,19,20)(H2,16,17,21). The number of amides is 2. The predicted octanol–water partition coefficient (Wildman–Crippen LogP) is 1.80. The molecule has 2 amide bonds. The molecule has 0 aliphatic heterocycles. The number of urea groups is 1. The zero-order valence-corrected chi connectivity index (χ0v) is 13.1. The number of carboxylic acid groups (broad SMARTS) is 1. The van der Waals surface area contributed by atoms with Crippen LogP contribution in [0.15, 0.2) is 0 Å². The molecule has 1 aliphatic rings. The van der Waals surface area contributed by atoms with Crippen molar-refractivity contribution in [2.24, 2.45) is 0 Å². The Morgan fingerprint density at radius 1 is 1.10 bits per heavy atom. The maximum atomic E-state index is 11.6. The lowest BCUT2D eigenvalue weighted by atomic mass is 10.2. The minimum absolute atomic E-state index is 0.131. The lowest BCUT2D eigenvalue weighted by Gasteiger charge is -2.23. The first-order valence-corrected chi connectivity index (χ1v) is 8.03. The lowest BCUT2D eigenvalue weighted by molar-refractivity contribution is -0.137. The van der Waals surface area contributed by atoms with Crippen molar-refractivity contribution in [1.82, 2.24) is 15.5 Å². The van der Waals surface area contributed by atoms with Crippen molar-refractivity contribution in [1.29, 1.82) is 0 Å². The van der Waals surface area contributed by atoms with Crippen molar-refractivity contribution < 1.29 is 14.7 Å². The van der Waals surface area contributed by atoms with Gasteiger partial charge in [-0.2, -0.15) is 0 Å². The van der Waals surface area contributed by atoms with Crippen LogP contribution in [0.3, 0.4) is 0 Å². The van der Waals surface area contributed by atoms with Crippen LogP contribution in [0.25, 0.3) is 0 Å². The molecule has 0 radical (unpaired) electrons. The molecular weight excluding hydrogens is 270 g/mol. The maximum Gasteiger partial charge on any atom is 0.314 e. The fourth-order valence-corrected chi connectivity index (χ4v) is 2.72. The van der Waals surface area contributed by atoms with Crippen LogP contribution in [0.5, 0.6) is 0 Å². The number of aliphatic carboxylic acids is 1. The molecule has 1 aliphatic carbocycles. The molecule has 21 heavy (non-hydrogen) atoms. The third-order valence-electron chi connectivity index (χ3n) is 4.05. The van der Waals surface area contributed by atoms with Crippen LogP contribution in [0.4, 0.5) is 4.79 Å². The Kier molecular flexibility index (Phi) is 8.82. The maximum absolute atomic E-state index is 11.6. The van der Waals surface area contributed by atoms with Crippen LogP contribution in [0.2, 0.25) is 0 Å². The first-order chi connectivity index (χ1) is 10.1. The van der Waals surface area contributed by atoms with E-state index in [-0.39, 0.29) is 12.5 Å². The number of rotatable bonds is 10. The van der Waals surface area contributed by atoms with E-state index < -0.39 is 5.97 Å². The summed E-state index contributed by atoms with van der Waals surface area (Å²) in [6.07, 6.45) is 7.73. The summed E-state index contributed by atoms with van der Waals surface area (Å²) in [5, 5.41) is 14.2. The number of carboxylic acids is 1. The monoisotopic (exact) mass is 299 g/mol. The van der Waals surface area contributed by atoms with Gasteiger partial charge in [0, 0.05) is 32.1 Å². The molecule has 1 saturated carbocycles. The van der Waals surface area contributed by atoms with Gasteiger partial charge in [-0.1, -0.05) is 19.3 Å². The fraction of sp³-hybridized carbons (Fsp3) is 0.867.